The van der Waals surface area contributed by atoms with Gasteiger partial charge in [0.15, 0.2) is 0 Å². The number of carbonyl (C=O) groups excluding carboxylic acids is 1. The topological polar surface area (TPSA) is 42.4 Å². The molecule has 6 heteroatoms. The minimum Gasteiger partial charge on any atom is -0.492 e. The fraction of sp³-hybridized carbons (Fsp3) is 0.200. The Morgan fingerprint density at radius 1 is 1.38 bits per heavy atom. The maximum absolute atomic E-state index is 13.0. The summed E-state index contributed by atoms with van der Waals surface area (Å²) in [4.78, 5) is 17.7. The van der Waals surface area contributed by atoms with E-state index in [1.165, 1.54) is 17.0 Å². The van der Waals surface area contributed by atoms with Gasteiger partial charge in [-0.25, -0.2) is 9.37 Å². The van der Waals surface area contributed by atoms with Crippen molar-refractivity contribution in [1.29, 1.82) is 0 Å². The normalized spacial score (nSPS) is 10.2. The Morgan fingerprint density at radius 3 is 2.90 bits per heavy atom. The molecule has 0 radical (unpaired) electrons. The number of ether oxygens (including phenoxy) is 1. The summed E-state index contributed by atoms with van der Waals surface area (Å²) in [6.07, 6.45) is 1.56. The molecule has 2 aromatic rings. The van der Waals surface area contributed by atoms with Crippen LogP contribution in [0, 0.1) is 5.82 Å². The van der Waals surface area contributed by atoms with Crippen molar-refractivity contribution in [3.63, 3.8) is 0 Å². The maximum Gasteiger partial charge on any atom is 0.273 e. The number of hydrogen-bond donors (Lipinski definition) is 0. The minimum absolute atomic E-state index is 0.203. The Bertz CT molecular complexity index is 637. The molecule has 110 valence electrons. The average Bonchev–Trinajstić information content (AvgIpc) is 2.47. The summed E-state index contributed by atoms with van der Waals surface area (Å²) in [5.41, 5.74) is 0.353. The predicted octanol–water partition coefficient (Wildman–Crippen LogP) is 3.13. The highest BCUT2D eigenvalue weighted by Crippen LogP contribution is 2.15. The Hall–Kier alpha value is -1.95. The van der Waals surface area contributed by atoms with Crippen molar-refractivity contribution in [3.8, 4) is 5.75 Å². The number of benzene rings is 1. The zero-order valence-electron chi connectivity index (χ0n) is 11.4. The second kappa shape index (κ2) is 7.17. The smallest absolute Gasteiger partial charge is 0.273 e. The molecule has 0 saturated carbocycles. The summed E-state index contributed by atoms with van der Waals surface area (Å²) in [5.74, 6) is -0.116. The van der Waals surface area contributed by atoms with Gasteiger partial charge in [0, 0.05) is 23.8 Å². The van der Waals surface area contributed by atoms with Gasteiger partial charge in [-0.15, -0.1) is 0 Å². The van der Waals surface area contributed by atoms with Crippen LogP contribution in [0.15, 0.2) is 47.1 Å². The van der Waals surface area contributed by atoms with Crippen LogP contribution < -0.4 is 4.74 Å². The summed E-state index contributed by atoms with van der Waals surface area (Å²) in [5, 5.41) is 0. The van der Waals surface area contributed by atoms with Gasteiger partial charge in [0.1, 0.15) is 23.9 Å². The van der Waals surface area contributed by atoms with E-state index in [1.807, 2.05) is 0 Å². The summed E-state index contributed by atoms with van der Waals surface area (Å²) in [6, 6.07) is 9.40. The fourth-order valence-electron chi connectivity index (χ4n) is 1.68. The van der Waals surface area contributed by atoms with E-state index in [9.17, 15) is 9.18 Å². The number of rotatable bonds is 5. The number of hydrogen-bond acceptors (Lipinski definition) is 3. The number of halogens is 2. The lowest BCUT2D eigenvalue weighted by Gasteiger charge is -2.17. The Kier molecular flexibility index (Phi) is 5.27. The first-order chi connectivity index (χ1) is 10.1. The van der Waals surface area contributed by atoms with Crippen molar-refractivity contribution < 1.29 is 13.9 Å². The van der Waals surface area contributed by atoms with Crippen LogP contribution in [0.4, 0.5) is 4.39 Å². The molecule has 1 aromatic heterocycles. The van der Waals surface area contributed by atoms with E-state index in [0.29, 0.717) is 22.5 Å². The van der Waals surface area contributed by atoms with E-state index < -0.39 is 0 Å². The maximum atomic E-state index is 13.0. The molecule has 1 amide bonds. The van der Waals surface area contributed by atoms with Gasteiger partial charge >= 0.3 is 0 Å². The lowest BCUT2D eigenvalue weighted by atomic mass is 10.3. The Labute approximate surface area is 130 Å². The van der Waals surface area contributed by atoms with Gasteiger partial charge in [-0.2, -0.15) is 0 Å². The highest BCUT2D eigenvalue weighted by atomic mass is 79.9. The van der Waals surface area contributed by atoms with Crippen molar-refractivity contribution in [2.45, 2.75) is 0 Å². The number of amides is 1. The minimum atomic E-state index is -0.352. The third-order valence-electron chi connectivity index (χ3n) is 2.80. The number of carbonyl (C=O) groups is 1. The third kappa shape index (κ3) is 4.26. The predicted molar refractivity (Wildman–Crippen MR) is 80.8 cm³/mol. The van der Waals surface area contributed by atoms with Crippen LogP contribution >= 0.6 is 15.9 Å². The number of likely N-dealkylation sites (N-methyl/N-ethyl adjacent to an activating group) is 1. The molecule has 4 nitrogen and oxygen atoms in total. The van der Waals surface area contributed by atoms with Gasteiger partial charge in [-0.05, 0) is 40.2 Å². The highest BCUT2D eigenvalue weighted by Gasteiger charge is 2.15. The summed E-state index contributed by atoms with van der Waals surface area (Å²) in [6.45, 7) is 0.647. The van der Waals surface area contributed by atoms with Crippen LogP contribution in [0.3, 0.4) is 0 Å². The van der Waals surface area contributed by atoms with Crippen molar-refractivity contribution in [3.05, 3.63) is 58.6 Å². The molecule has 21 heavy (non-hydrogen) atoms. The molecule has 0 bridgehead atoms. The van der Waals surface area contributed by atoms with Gasteiger partial charge in [0.25, 0.3) is 5.91 Å². The number of nitrogens with zero attached hydrogens (tertiary/aromatic N) is 2. The summed E-state index contributed by atoms with van der Waals surface area (Å²) < 4.78 is 19.0. The quantitative estimate of drug-likeness (QED) is 0.830. The van der Waals surface area contributed by atoms with Crippen molar-refractivity contribution >= 4 is 21.8 Å². The van der Waals surface area contributed by atoms with Crippen LogP contribution in [0.1, 0.15) is 10.5 Å². The molecule has 0 atom stereocenters. The molecule has 0 aliphatic rings. The van der Waals surface area contributed by atoms with Crippen LogP contribution in [-0.2, 0) is 0 Å². The first-order valence-corrected chi connectivity index (χ1v) is 7.11. The van der Waals surface area contributed by atoms with Crippen LogP contribution in [0.2, 0.25) is 0 Å². The molecule has 0 fully saturated rings. The van der Waals surface area contributed by atoms with E-state index in [4.69, 9.17) is 4.74 Å². The van der Waals surface area contributed by atoms with E-state index >= 15 is 0 Å². The van der Waals surface area contributed by atoms with Gasteiger partial charge < -0.3 is 9.64 Å². The van der Waals surface area contributed by atoms with E-state index in [1.54, 1.807) is 37.5 Å². The van der Waals surface area contributed by atoms with Gasteiger partial charge in [-0.1, -0.05) is 6.07 Å². The molecule has 0 aliphatic carbocycles. The van der Waals surface area contributed by atoms with Gasteiger partial charge in [-0.3, -0.25) is 4.79 Å². The molecular weight excluding hydrogens is 339 g/mol. The first kappa shape index (κ1) is 15.4. The molecule has 0 spiro atoms. The van der Waals surface area contributed by atoms with Gasteiger partial charge in [0.2, 0.25) is 0 Å². The largest absolute Gasteiger partial charge is 0.492 e. The van der Waals surface area contributed by atoms with Crippen LogP contribution in [-0.4, -0.2) is 36.0 Å². The van der Waals surface area contributed by atoms with E-state index in [2.05, 4.69) is 20.9 Å². The zero-order valence-corrected chi connectivity index (χ0v) is 13.0. The molecule has 0 aliphatic heterocycles. The van der Waals surface area contributed by atoms with Gasteiger partial charge in [0.05, 0.1) is 6.54 Å². The Morgan fingerprint density at radius 2 is 2.19 bits per heavy atom. The lowest BCUT2D eigenvalue weighted by Crippen LogP contribution is -2.31. The van der Waals surface area contributed by atoms with Crippen molar-refractivity contribution in [2.75, 3.05) is 20.2 Å². The highest BCUT2D eigenvalue weighted by molar-refractivity contribution is 9.10. The summed E-state index contributed by atoms with van der Waals surface area (Å²) >= 11 is 3.30. The van der Waals surface area contributed by atoms with Crippen LogP contribution in [0.5, 0.6) is 5.75 Å². The zero-order chi connectivity index (χ0) is 15.2. The molecule has 0 unspecified atom stereocenters. The molecule has 0 N–H and O–H groups in total. The molecule has 2 rings (SSSR count). The molecule has 1 heterocycles. The van der Waals surface area contributed by atoms with Crippen molar-refractivity contribution in [1.82, 2.24) is 9.88 Å². The molecule has 0 saturated heterocycles. The number of aromatic nitrogens is 1. The fourth-order valence-corrected chi connectivity index (χ4v) is 2.11. The average molecular weight is 353 g/mol. The Balaban J connectivity index is 1.89. The SMILES string of the molecule is CN(CCOc1cccc(F)c1)C(=O)c1ncccc1Br. The van der Waals surface area contributed by atoms with E-state index in [-0.39, 0.29) is 18.3 Å². The third-order valence-corrected chi connectivity index (χ3v) is 3.44. The molecule has 1 aromatic carbocycles. The second-order valence-corrected chi connectivity index (χ2v) is 5.22. The number of pyridine rings is 1. The van der Waals surface area contributed by atoms with E-state index in [0.717, 1.165) is 0 Å². The molecular formula is C15H14BrFN2O2. The summed E-state index contributed by atoms with van der Waals surface area (Å²) in [7, 11) is 1.67. The van der Waals surface area contributed by atoms with Crippen molar-refractivity contribution in [2.24, 2.45) is 0 Å². The van der Waals surface area contributed by atoms with Crippen LogP contribution in [0.25, 0.3) is 0 Å². The monoisotopic (exact) mass is 352 g/mol. The lowest BCUT2D eigenvalue weighted by molar-refractivity contribution is 0.0767. The first-order valence-electron chi connectivity index (χ1n) is 6.32. The second-order valence-electron chi connectivity index (χ2n) is 4.37. The standard InChI is InChI=1S/C15H14BrFN2O2/c1-19(15(20)14-13(16)6-3-7-18-14)8-9-21-12-5-2-4-11(17)10-12/h2-7,10H,8-9H2,1H3.